The molecule has 1 N–H and O–H groups in total. The number of amides is 1. The topological polar surface area (TPSA) is 81.9 Å². The van der Waals surface area contributed by atoms with Crippen molar-refractivity contribution in [2.75, 3.05) is 5.32 Å². The highest BCUT2D eigenvalue weighted by Crippen LogP contribution is 2.23. The molecule has 0 saturated carbocycles. The number of hydrogen-bond acceptors (Lipinski definition) is 5. The number of rotatable bonds is 5. The molecular weight excluding hydrogens is 373 g/mol. The highest BCUT2D eigenvalue weighted by molar-refractivity contribution is 6.04. The molecule has 0 aliphatic rings. The molecule has 0 saturated heterocycles. The lowest BCUT2D eigenvalue weighted by atomic mass is 10.2. The van der Waals surface area contributed by atoms with Crippen molar-refractivity contribution in [3.05, 3.63) is 90.5 Å². The molecule has 8 heteroatoms. The summed E-state index contributed by atoms with van der Waals surface area (Å²) in [6.07, 6.45) is 4.91. The van der Waals surface area contributed by atoms with Gasteiger partial charge in [0.1, 0.15) is 29.5 Å². The van der Waals surface area contributed by atoms with E-state index in [2.05, 4.69) is 20.3 Å². The van der Waals surface area contributed by atoms with Crippen LogP contribution in [0.5, 0.6) is 11.6 Å². The molecule has 0 aliphatic carbocycles. The average Bonchev–Trinajstić information content (AvgIpc) is 3.16. The number of anilines is 1. The van der Waals surface area contributed by atoms with Gasteiger partial charge in [0.15, 0.2) is 0 Å². The molecule has 0 aliphatic heterocycles. The predicted molar refractivity (Wildman–Crippen MR) is 105 cm³/mol. The first-order valence-corrected chi connectivity index (χ1v) is 8.76. The number of nitrogens with one attached hydrogen (secondary N) is 1. The van der Waals surface area contributed by atoms with Crippen molar-refractivity contribution < 1.29 is 13.9 Å². The standard InChI is InChI=1S/C21H16FN5O2/c1-14-23-9-10-27(14)19-12-20(25-13-24-19)29-18-7-5-17(6-8-18)26-21(28)15-3-2-4-16(22)11-15/h2-13H,1H3,(H,26,28). The van der Waals surface area contributed by atoms with Gasteiger partial charge in [-0.25, -0.2) is 19.3 Å². The number of halogens is 1. The van der Waals surface area contributed by atoms with Crippen molar-refractivity contribution in [2.45, 2.75) is 6.92 Å². The number of nitrogens with zero attached hydrogens (tertiary/aromatic N) is 4. The number of imidazole rings is 1. The van der Waals surface area contributed by atoms with Gasteiger partial charge in [-0.1, -0.05) is 6.07 Å². The maximum absolute atomic E-state index is 13.3. The Balaban J connectivity index is 1.45. The Kier molecular flexibility index (Phi) is 4.98. The second-order valence-corrected chi connectivity index (χ2v) is 6.15. The summed E-state index contributed by atoms with van der Waals surface area (Å²) in [5.74, 6) is 1.50. The van der Waals surface area contributed by atoms with E-state index in [1.165, 1.54) is 24.5 Å². The molecule has 1 amide bonds. The van der Waals surface area contributed by atoms with Crippen LogP contribution in [0.4, 0.5) is 10.1 Å². The van der Waals surface area contributed by atoms with Gasteiger partial charge in [-0.2, -0.15) is 0 Å². The quantitative estimate of drug-likeness (QED) is 0.554. The summed E-state index contributed by atoms with van der Waals surface area (Å²) < 4.78 is 20.8. The zero-order valence-corrected chi connectivity index (χ0v) is 15.4. The third kappa shape index (κ3) is 4.27. The number of benzene rings is 2. The second kappa shape index (κ2) is 7.89. The Morgan fingerprint density at radius 2 is 1.90 bits per heavy atom. The van der Waals surface area contributed by atoms with Crippen molar-refractivity contribution in [3.8, 4) is 17.4 Å². The fourth-order valence-electron chi connectivity index (χ4n) is 2.70. The van der Waals surface area contributed by atoms with Crippen LogP contribution in [-0.4, -0.2) is 25.4 Å². The van der Waals surface area contributed by atoms with Gasteiger partial charge >= 0.3 is 0 Å². The maximum Gasteiger partial charge on any atom is 0.255 e. The summed E-state index contributed by atoms with van der Waals surface area (Å²) in [4.78, 5) is 24.7. The summed E-state index contributed by atoms with van der Waals surface area (Å²) in [7, 11) is 0. The number of carbonyl (C=O) groups is 1. The first-order valence-electron chi connectivity index (χ1n) is 8.76. The lowest BCUT2D eigenvalue weighted by Gasteiger charge is -2.09. The monoisotopic (exact) mass is 389 g/mol. The van der Waals surface area contributed by atoms with Crippen molar-refractivity contribution in [2.24, 2.45) is 0 Å². The van der Waals surface area contributed by atoms with Gasteiger partial charge in [0.2, 0.25) is 5.88 Å². The van der Waals surface area contributed by atoms with Gasteiger partial charge in [0.25, 0.3) is 5.91 Å². The molecule has 0 bridgehead atoms. The highest BCUT2D eigenvalue weighted by Gasteiger charge is 2.08. The van der Waals surface area contributed by atoms with Crippen LogP contribution in [0.3, 0.4) is 0 Å². The molecule has 0 spiro atoms. The lowest BCUT2D eigenvalue weighted by molar-refractivity contribution is 0.102. The molecule has 2 aromatic heterocycles. The third-order valence-electron chi connectivity index (χ3n) is 4.12. The zero-order valence-electron chi connectivity index (χ0n) is 15.4. The van der Waals surface area contributed by atoms with Crippen LogP contribution in [-0.2, 0) is 0 Å². The van der Waals surface area contributed by atoms with Gasteiger partial charge in [0, 0.05) is 29.7 Å². The molecule has 29 heavy (non-hydrogen) atoms. The largest absolute Gasteiger partial charge is 0.439 e. The van der Waals surface area contributed by atoms with Gasteiger partial charge in [-0.05, 0) is 49.4 Å². The molecule has 144 valence electrons. The molecule has 4 rings (SSSR count). The fraction of sp³-hybridized carbons (Fsp3) is 0.0476. The van der Waals surface area contributed by atoms with Gasteiger partial charge in [-0.15, -0.1) is 0 Å². The summed E-state index contributed by atoms with van der Waals surface area (Å²) in [6.45, 7) is 1.87. The van der Waals surface area contributed by atoms with E-state index in [9.17, 15) is 9.18 Å². The maximum atomic E-state index is 13.3. The van der Waals surface area contributed by atoms with Crippen LogP contribution in [0, 0.1) is 12.7 Å². The Bertz CT molecular complexity index is 1160. The van der Waals surface area contributed by atoms with Crippen LogP contribution >= 0.6 is 0 Å². The molecule has 0 unspecified atom stereocenters. The number of ether oxygens (including phenoxy) is 1. The van der Waals surface area contributed by atoms with E-state index in [4.69, 9.17) is 4.74 Å². The van der Waals surface area contributed by atoms with E-state index in [1.807, 2.05) is 11.5 Å². The molecule has 2 aromatic carbocycles. The highest BCUT2D eigenvalue weighted by atomic mass is 19.1. The summed E-state index contributed by atoms with van der Waals surface area (Å²) in [5.41, 5.74) is 0.803. The van der Waals surface area contributed by atoms with Crippen LogP contribution in [0.15, 0.2) is 73.3 Å². The number of aromatic nitrogens is 4. The number of aryl methyl sites for hydroxylation is 1. The minimum Gasteiger partial charge on any atom is -0.439 e. The van der Waals surface area contributed by atoms with Crippen LogP contribution < -0.4 is 10.1 Å². The van der Waals surface area contributed by atoms with E-state index < -0.39 is 11.7 Å². The Hall–Kier alpha value is -4.07. The minimum atomic E-state index is -0.462. The molecular formula is C21H16FN5O2. The fourth-order valence-corrected chi connectivity index (χ4v) is 2.70. The molecule has 4 aromatic rings. The number of hydrogen-bond donors (Lipinski definition) is 1. The Labute approximate surface area is 165 Å². The van der Waals surface area contributed by atoms with E-state index >= 15 is 0 Å². The lowest BCUT2D eigenvalue weighted by Crippen LogP contribution is -2.11. The van der Waals surface area contributed by atoms with Crippen molar-refractivity contribution in [1.29, 1.82) is 0 Å². The average molecular weight is 389 g/mol. The van der Waals surface area contributed by atoms with E-state index in [1.54, 1.807) is 48.8 Å². The van der Waals surface area contributed by atoms with Gasteiger partial charge in [0.05, 0.1) is 0 Å². The first kappa shape index (κ1) is 18.3. The zero-order chi connectivity index (χ0) is 20.2. The van der Waals surface area contributed by atoms with Gasteiger partial charge in [-0.3, -0.25) is 9.36 Å². The molecule has 0 atom stereocenters. The molecule has 0 radical (unpaired) electrons. The minimum absolute atomic E-state index is 0.244. The first-order chi connectivity index (χ1) is 14.1. The Morgan fingerprint density at radius 3 is 2.62 bits per heavy atom. The Morgan fingerprint density at radius 1 is 1.07 bits per heavy atom. The second-order valence-electron chi connectivity index (χ2n) is 6.15. The van der Waals surface area contributed by atoms with Crippen molar-refractivity contribution in [1.82, 2.24) is 19.5 Å². The summed E-state index contributed by atoms with van der Waals surface area (Å²) >= 11 is 0. The van der Waals surface area contributed by atoms with E-state index in [-0.39, 0.29) is 5.56 Å². The van der Waals surface area contributed by atoms with Crippen LogP contribution in [0.25, 0.3) is 5.82 Å². The number of carbonyl (C=O) groups excluding carboxylic acids is 1. The molecule has 0 fully saturated rings. The van der Waals surface area contributed by atoms with E-state index in [0.717, 1.165) is 5.82 Å². The van der Waals surface area contributed by atoms with Gasteiger partial charge < -0.3 is 10.1 Å². The van der Waals surface area contributed by atoms with Crippen LogP contribution in [0.2, 0.25) is 0 Å². The van der Waals surface area contributed by atoms with Crippen molar-refractivity contribution in [3.63, 3.8) is 0 Å². The normalized spacial score (nSPS) is 10.6. The predicted octanol–water partition coefficient (Wildman–Crippen LogP) is 4.15. The van der Waals surface area contributed by atoms with E-state index in [0.29, 0.717) is 23.1 Å². The SMILES string of the molecule is Cc1nccn1-c1cc(Oc2ccc(NC(=O)c3cccc(F)c3)cc2)ncn1. The summed E-state index contributed by atoms with van der Waals surface area (Å²) in [6, 6.07) is 14.0. The summed E-state index contributed by atoms with van der Waals surface area (Å²) in [5, 5.41) is 2.71. The molecule has 2 heterocycles. The molecule has 7 nitrogen and oxygen atoms in total. The smallest absolute Gasteiger partial charge is 0.255 e. The third-order valence-corrected chi connectivity index (χ3v) is 4.12. The van der Waals surface area contributed by atoms with Crippen LogP contribution in [0.1, 0.15) is 16.2 Å². The van der Waals surface area contributed by atoms with Crippen molar-refractivity contribution >= 4 is 11.6 Å².